The van der Waals surface area contributed by atoms with Gasteiger partial charge in [0.25, 0.3) is 17.0 Å². The summed E-state index contributed by atoms with van der Waals surface area (Å²) in [6, 6.07) is 6.32. The van der Waals surface area contributed by atoms with Gasteiger partial charge in [-0.3, -0.25) is 19.4 Å². The molecule has 0 saturated carbocycles. The molecule has 24 heavy (non-hydrogen) atoms. The quantitative estimate of drug-likeness (QED) is 0.734. The molecule has 0 radical (unpaired) electrons. The van der Waals surface area contributed by atoms with E-state index in [2.05, 4.69) is 9.97 Å². The van der Waals surface area contributed by atoms with Gasteiger partial charge in [0, 0.05) is 43.4 Å². The lowest BCUT2D eigenvalue weighted by atomic mass is 9.83. The molecule has 4 heterocycles. The fraction of sp³-hybridized carbons (Fsp3) is 0.375. The molecule has 0 unspecified atom stereocenters. The Bertz CT molecular complexity index is 958. The molecule has 2 atom stereocenters. The van der Waals surface area contributed by atoms with Crippen LogP contribution in [-0.4, -0.2) is 38.4 Å². The summed E-state index contributed by atoms with van der Waals surface area (Å²) >= 11 is 0. The molecule has 2 N–H and O–H groups in total. The summed E-state index contributed by atoms with van der Waals surface area (Å²) in [6.45, 7) is 1.56. The van der Waals surface area contributed by atoms with E-state index in [-0.39, 0.29) is 29.0 Å². The van der Waals surface area contributed by atoms with Gasteiger partial charge >= 0.3 is 5.69 Å². The number of pyridine rings is 1. The number of rotatable bonds is 1. The number of hydrogen-bond acceptors (Lipinski definition) is 4. The van der Waals surface area contributed by atoms with Crippen molar-refractivity contribution in [3.05, 3.63) is 66.8 Å². The van der Waals surface area contributed by atoms with Gasteiger partial charge in [0.15, 0.2) is 0 Å². The monoisotopic (exact) mass is 328 g/mol. The van der Waals surface area contributed by atoms with E-state index in [1.165, 1.54) is 0 Å². The first kappa shape index (κ1) is 14.7. The fourth-order valence-electron chi connectivity index (χ4n) is 3.82. The Hall–Kier alpha value is -2.90. The Morgan fingerprint density at radius 2 is 1.92 bits per heavy atom. The lowest BCUT2D eigenvalue weighted by molar-refractivity contribution is 0.0588. The normalized spacial score (nSPS) is 22.1. The first-order chi connectivity index (χ1) is 11.5. The molecule has 1 amide bonds. The number of piperidine rings is 1. The number of nitrogens with zero attached hydrogens (tertiary/aromatic N) is 2. The average molecular weight is 328 g/mol. The van der Waals surface area contributed by atoms with Gasteiger partial charge in [-0.05, 0) is 18.4 Å². The van der Waals surface area contributed by atoms with Crippen molar-refractivity contribution in [1.29, 1.82) is 0 Å². The van der Waals surface area contributed by atoms with E-state index in [4.69, 9.17) is 0 Å². The van der Waals surface area contributed by atoms with Crippen LogP contribution < -0.4 is 16.8 Å². The molecule has 2 aromatic heterocycles. The Morgan fingerprint density at radius 1 is 1.08 bits per heavy atom. The zero-order valence-corrected chi connectivity index (χ0v) is 12.8. The molecule has 2 aliphatic rings. The summed E-state index contributed by atoms with van der Waals surface area (Å²) in [7, 11) is 0. The number of aromatic nitrogens is 3. The fourth-order valence-corrected chi connectivity index (χ4v) is 3.82. The zero-order valence-electron chi connectivity index (χ0n) is 12.8. The predicted molar refractivity (Wildman–Crippen MR) is 85.1 cm³/mol. The molecule has 0 aliphatic carbocycles. The highest BCUT2D eigenvalue weighted by Crippen LogP contribution is 2.35. The number of carbonyl (C=O) groups excluding carboxylic acids is 1. The highest BCUT2D eigenvalue weighted by molar-refractivity contribution is 5.92. The molecule has 0 aromatic carbocycles. The van der Waals surface area contributed by atoms with Gasteiger partial charge in [0.1, 0.15) is 5.69 Å². The van der Waals surface area contributed by atoms with E-state index >= 15 is 0 Å². The molecule has 8 nitrogen and oxygen atoms in total. The molecular formula is C16H16N4O4. The van der Waals surface area contributed by atoms with Gasteiger partial charge in [-0.1, -0.05) is 6.07 Å². The maximum atomic E-state index is 12.6. The van der Waals surface area contributed by atoms with Crippen LogP contribution in [-0.2, 0) is 6.54 Å². The number of carbonyl (C=O) groups is 1. The summed E-state index contributed by atoms with van der Waals surface area (Å²) in [4.78, 5) is 53.5. The number of likely N-dealkylation sites (tertiary alicyclic amines) is 1. The van der Waals surface area contributed by atoms with E-state index in [9.17, 15) is 19.2 Å². The van der Waals surface area contributed by atoms with Crippen LogP contribution in [0.15, 0.2) is 38.6 Å². The second-order valence-electron chi connectivity index (χ2n) is 6.41. The summed E-state index contributed by atoms with van der Waals surface area (Å²) in [5.74, 6) is -0.0854. The lowest BCUT2D eigenvalue weighted by Gasteiger charge is -2.42. The summed E-state index contributed by atoms with van der Waals surface area (Å²) in [5.41, 5.74) is -0.373. The summed E-state index contributed by atoms with van der Waals surface area (Å²) in [5, 5.41) is 0. The van der Waals surface area contributed by atoms with Crippen molar-refractivity contribution in [3.8, 4) is 0 Å². The largest absolute Gasteiger partial charge is 0.336 e. The van der Waals surface area contributed by atoms with Crippen LogP contribution in [0.5, 0.6) is 0 Å². The zero-order chi connectivity index (χ0) is 16.8. The molecule has 2 bridgehead atoms. The Balaban J connectivity index is 1.66. The second kappa shape index (κ2) is 5.33. The minimum Gasteiger partial charge on any atom is -0.336 e. The van der Waals surface area contributed by atoms with E-state index in [0.29, 0.717) is 19.6 Å². The van der Waals surface area contributed by atoms with Crippen molar-refractivity contribution >= 4 is 5.91 Å². The van der Waals surface area contributed by atoms with Crippen molar-refractivity contribution in [3.63, 3.8) is 0 Å². The Morgan fingerprint density at radius 3 is 2.71 bits per heavy atom. The molecular weight excluding hydrogens is 312 g/mol. The average Bonchev–Trinajstić information content (AvgIpc) is 2.54. The third-order valence-electron chi connectivity index (χ3n) is 4.76. The third kappa shape index (κ3) is 2.40. The number of aromatic amines is 2. The first-order valence-electron chi connectivity index (χ1n) is 7.84. The van der Waals surface area contributed by atoms with Crippen LogP contribution in [0.4, 0.5) is 0 Å². The Kier molecular flexibility index (Phi) is 3.26. The summed E-state index contributed by atoms with van der Waals surface area (Å²) in [6.07, 6.45) is 0.930. The SMILES string of the molecule is O=C(c1cc(=O)[nH]c(=O)[nH]1)N1C[C@H]2C[C@@H](C1)c1cccc(=O)n1C2. The number of hydrogen-bond donors (Lipinski definition) is 2. The maximum absolute atomic E-state index is 12.6. The van der Waals surface area contributed by atoms with Crippen LogP contribution in [0.3, 0.4) is 0 Å². The number of fused-ring (bicyclic) bond motifs is 4. The van der Waals surface area contributed by atoms with Crippen molar-refractivity contribution in [1.82, 2.24) is 19.4 Å². The van der Waals surface area contributed by atoms with Crippen molar-refractivity contribution in [2.75, 3.05) is 13.1 Å². The Labute approximate surface area is 135 Å². The smallest absolute Gasteiger partial charge is 0.326 e. The van der Waals surface area contributed by atoms with Crippen molar-refractivity contribution < 1.29 is 4.79 Å². The molecule has 2 aliphatic heterocycles. The third-order valence-corrected chi connectivity index (χ3v) is 4.76. The lowest BCUT2D eigenvalue weighted by Crippen LogP contribution is -2.49. The number of amides is 1. The first-order valence-corrected chi connectivity index (χ1v) is 7.84. The summed E-state index contributed by atoms with van der Waals surface area (Å²) < 4.78 is 1.79. The standard InChI is InChI=1S/C16H16N4O4/c21-13-5-11(17-16(24)18-13)15(23)19-6-9-4-10(8-19)12-2-1-3-14(22)20(12)7-9/h1-3,5,9-10H,4,6-8H2,(H2,17,18,21,24)/t9-,10+/m1/s1. The van der Waals surface area contributed by atoms with Crippen molar-refractivity contribution in [2.24, 2.45) is 5.92 Å². The molecule has 124 valence electrons. The topological polar surface area (TPSA) is 108 Å². The van der Waals surface area contributed by atoms with Gasteiger partial charge in [0.05, 0.1) is 0 Å². The molecule has 0 spiro atoms. The highest BCUT2D eigenvalue weighted by atomic mass is 16.2. The van der Waals surface area contributed by atoms with Gasteiger partial charge in [-0.15, -0.1) is 0 Å². The minimum absolute atomic E-state index is 0.00539. The van der Waals surface area contributed by atoms with Gasteiger partial charge in [0.2, 0.25) is 0 Å². The van der Waals surface area contributed by atoms with Gasteiger partial charge < -0.3 is 14.5 Å². The predicted octanol–water partition coefficient (Wildman–Crippen LogP) is -0.516. The van der Waals surface area contributed by atoms with E-state index < -0.39 is 11.2 Å². The maximum Gasteiger partial charge on any atom is 0.326 e. The molecule has 8 heteroatoms. The van der Waals surface area contributed by atoms with E-state index in [0.717, 1.165) is 18.2 Å². The van der Waals surface area contributed by atoms with Gasteiger partial charge in [-0.25, -0.2) is 4.79 Å². The van der Waals surface area contributed by atoms with Crippen LogP contribution in [0, 0.1) is 5.92 Å². The van der Waals surface area contributed by atoms with E-state index in [1.54, 1.807) is 21.6 Å². The number of nitrogens with one attached hydrogen (secondary N) is 2. The second-order valence-corrected chi connectivity index (χ2v) is 6.41. The minimum atomic E-state index is -0.694. The van der Waals surface area contributed by atoms with Gasteiger partial charge in [-0.2, -0.15) is 0 Å². The highest BCUT2D eigenvalue weighted by Gasteiger charge is 2.36. The molecule has 4 rings (SSSR count). The van der Waals surface area contributed by atoms with E-state index in [1.807, 2.05) is 6.07 Å². The van der Waals surface area contributed by atoms with Crippen LogP contribution in [0.1, 0.15) is 28.5 Å². The molecule has 1 fully saturated rings. The van der Waals surface area contributed by atoms with Crippen LogP contribution in [0.25, 0.3) is 0 Å². The van der Waals surface area contributed by atoms with Crippen LogP contribution >= 0.6 is 0 Å². The molecule has 1 saturated heterocycles. The molecule has 2 aromatic rings. The number of H-pyrrole nitrogens is 2. The van der Waals surface area contributed by atoms with Crippen LogP contribution in [0.2, 0.25) is 0 Å². The van der Waals surface area contributed by atoms with Crippen molar-refractivity contribution in [2.45, 2.75) is 18.9 Å².